The molecule has 0 saturated carbocycles. The molecule has 2 nitrogen and oxygen atoms in total. The van der Waals surface area contributed by atoms with Crippen LogP contribution in [0.5, 0.6) is 0 Å². The van der Waals surface area contributed by atoms with E-state index in [1.54, 1.807) is 0 Å². The minimum atomic E-state index is 0.498. The monoisotopic (exact) mass is 190 g/mol. The zero-order valence-electron chi connectivity index (χ0n) is 8.90. The van der Waals surface area contributed by atoms with Crippen LogP contribution in [0.3, 0.4) is 0 Å². The molecule has 1 unspecified atom stereocenters. The van der Waals surface area contributed by atoms with Gasteiger partial charge in [0.05, 0.1) is 0 Å². The number of hydrogen-bond acceptors (Lipinski definition) is 2. The van der Waals surface area contributed by atoms with Crippen molar-refractivity contribution in [1.82, 2.24) is 10.2 Å². The lowest BCUT2D eigenvalue weighted by Crippen LogP contribution is -2.49. The topological polar surface area (TPSA) is 15.3 Å². The van der Waals surface area contributed by atoms with E-state index in [1.165, 1.54) is 5.56 Å². The highest BCUT2D eigenvalue weighted by atomic mass is 15.2. The third-order valence-corrected chi connectivity index (χ3v) is 3.08. The van der Waals surface area contributed by atoms with Crippen molar-refractivity contribution < 1.29 is 0 Å². The lowest BCUT2D eigenvalue weighted by Gasteiger charge is -2.36. The van der Waals surface area contributed by atoms with Crippen molar-refractivity contribution in [2.75, 3.05) is 20.1 Å². The van der Waals surface area contributed by atoms with Crippen molar-refractivity contribution in [1.29, 1.82) is 0 Å². The van der Waals surface area contributed by atoms with Gasteiger partial charge in [-0.2, -0.15) is 0 Å². The first-order chi connectivity index (χ1) is 6.77. The van der Waals surface area contributed by atoms with Crippen LogP contribution in [0.15, 0.2) is 30.3 Å². The molecular formula is C12H18N2. The van der Waals surface area contributed by atoms with Gasteiger partial charge in [0.2, 0.25) is 0 Å². The molecule has 0 spiro atoms. The Kier molecular flexibility index (Phi) is 2.85. The summed E-state index contributed by atoms with van der Waals surface area (Å²) in [7, 11) is 2.20. The van der Waals surface area contributed by atoms with E-state index in [4.69, 9.17) is 0 Å². The van der Waals surface area contributed by atoms with Gasteiger partial charge in [0.25, 0.3) is 0 Å². The molecule has 14 heavy (non-hydrogen) atoms. The average molecular weight is 190 g/mol. The summed E-state index contributed by atoms with van der Waals surface area (Å²) in [6.07, 6.45) is 0. The first-order valence-electron chi connectivity index (χ1n) is 5.26. The zero-order chi connectivity index (χ0) is 9.97. The fraction of sp³-hybridized carbons (Fsp3) is 0.500. The summed E-state index contributed by atoms with van der Waals surface area (Å²) in [5.41, 5.74) is 1.39. The quantitative estimate of drug-likeness (QED) is 0.724. The Hall–Kier alpha value is -0.860. The molecule has 0 amide bonds. The van der Waals surface area contributed by atoms with Crippen LogP contribution >= 0.6 is 0 Å². The van der Waals surface area contributed by atoms with E-state index in [-0.39, 0.29) is 0 Å². The molecule has 76 valence electrons. The summed E-state index contributed by atoms with van der Waals surface area (Å²) in [6, 6.07) is 11.8. The van der Waals surface area contributed by atoms with E-state index < -0.39 is 0 Å². The second-order valence-corrected chi connectivity index (χ2v) is 4.16. The molecule has 1 aromatic rings. The van der Waals surface area contributed by atoms with E-state index in [9.17, 15) is 0 Å². The summed E-state index contributed by atoms with van der Waals surface area (Å²) >= 11 is 0. The van der Waals surface area contributed by atoms with Crippen LogP contribution < -0.4 is 5.32 Å². The first kappa shape index (κ1) is 9.69. The minimum absolute atomic E-state index is 0.498. The van der Waals surface area contributed by atoms with Gasteiger partial charge >= 0.3 is 0 Å². The maximum Gasteiger partial charge on any atom is 0.0449 e. The molecule has 2 heteroatoms. The smallest absolute Gasteiger partial charge is 0.0449 e. The van der Waals surface area contributed by atoms with Crippen LogP contribution in [-0.2, 0) is 0 Å². The maximum atomic E-state index is 3.57. The van der Waals surface area contributed by atoms with E-state index in [2.05, 4.69) is 54.5 Å². The first-order valence-corrected chi connectivity index (χ1v) is 5.26. The van der Waals surface area contributed by atoms with E-state index in [1.807, 2.05) is 0 Å². The average Bonchev–Trinajstić information content (AvgIpc) is 2.23. The predicted molar refractivity (Wildman–Crippen MR) is 59.3 cm³/mol. The standard InChI is InChI=1S/C12H18N2/c1-10-8-13-12(9-14(10)2)11-6-4-3-5-7-11/h3-7,10,12-13H,8-9H2,1-2H3/t10-,12?/m0/s1. The van der Waals surface area contributed by atoms with Crippen LogP contribution in [0.2, 0.25) is 0 Å². The fourth-order valence-electron chi connectivity index (χ4n) is 1.91. The second kappa shape index (κ2) is 4.11. The number of piperazine rings is 1. The van der Waals surface area contributed by atoms with Crippen molar-refractivity contribution >= 4 is 0 Å². The molecule has 0 aliphatic carbocycles. The van der Waals surface area contributed by atoms with E-state index in [0.29, 0.717) is 12.1 Å². The van der Waals surface area contributed by atoms with Gasteiger partial charge in [0.1, 0.15) is 0 Å². The van der Waals surface area contributed by atoms with Crippen molar-refractivity contribution in [2.24, 2.45) is 0 Å². The molecule has 0 radical (unpaired) electrons. The van der Waals surface area contributed by atoms with Crippen LogP contribution in [0.4, 0.5) is 0 Å². The number of nitrogens with one attached hydrogen (secondary N) is 1. The van der Waals surface area contributed by atoms with Crippen molar-refractivity contribution in [2.45, 2.75) is 19.0 Å². The van der Waals surface area contributed by atoms with Crippen molar-refractivity contribution in [3.05, 3.63) is 35.9 Å². The van der Waals surface area contributed by atoms with Crippen LogP contribution in [0.25, 0.3) is 0 Å². The number of nitrogens with zero attached hydrogens (tertiary/aromatic N) is 1. The van der Waals surface area contributed by atoms with E-state index in [0.717, 1.165) is 13.1 Å². The second-order valence-electron chi connectivity index (χ2n) is 4.16. The number of benzene rings is 1. The molecule has 2 rings (SSSR count). The predicted octanol–water partition coefficient (Wildman–Crippen LogP) is 1.65. The van der Waals surface area contributed by atoms with Gasteiger partial charge in [-0.3, -0.25) is 0 Å². The maximum absolute atomic E-state index is 3.57. The summed E-state index contributed by atoms with van der Waals surface area (Å²) in [6.45, 7) is 4.44. The lowest BCUT2D eigenvalue weighted by molar-refractivity contribution is 0.176. The summed E-state index contributed by atoms with van der Waals surface area (Å²) in [5, 5.41) is 3.57. The summed E-state index contributed by atoms with van der Waals surface area (Å²) in [4.78, 5) is 2.41. The molecule has 2 atom stereocenters. The highest BCUT2D eigenvalue weighted by Gasteiger charge is 2.22. The van der Waals surface area contributed by atoms with Gasteiger partial charge < -0.3 is 10.2 Å². The Bertz CT molecular complexity index is 284. The summed E-state index contributed by atoms with van der Waals surface area (Å²) < 4.78 is 0. The van der Waals surface area contributed by atoms with Crippen LogP contribution in [0, 0.1) is 0 Å². The Morgan fingerprint density at radius 1 is 1.29 bits per heavy atom. The minimum Gasteiger partial charge on any atom is -0.307 e. The number of rotatable bonds is 1. The molecule has 1 N–H and O–H groups in total. The van der Waals surface area contributed by atoms with Crippen molar-refractivity contribution in [3.8, 4) is 0 Å². The third kappa shape index (κ3) is 1.97. The van der Waals surface area contributed by atoms with Gasteiger partial charge in [-0.1, -0.05) is 30.3 Å². The molecule has 0 bridgehead atoms. The summed E-state index contributed by atoms with van der Waals surface area (Å²) in [5.74, 6) is 0. The fourth-order valence-corrected chi connectivity index (χ4v) is 1.91. The molecule has 0 aromatic heterocycles. The third-order valence-electron chi connectivity index (χ3n) is 3.08. The van der Waals surface area contributed by atoms with Gasteiger partial charge in [-0.25, -0.2) is 0 Å². The molecular weight excluding hydrogens is 172 g/mol. The Labute approximate surface area is 85.9 Å². The largest absolute Gasteiger partial charge is 0.307 e. The number of hydrogen-bond donors (Lipinski definition) is 1. The highest BCUT2D eigenvalue weighted by molar-refractivity contribution is 5.19. The molecule has 1 aliphatic heterocycles. The zero-order valence-corrected chi connectivity index (χ0v) is 8.90. The van der Waals surface area contributed by atoms with Gasteiger partial charge in [-0.05, 0) is 19.5 Å². The van der Waals surface area contributed by atoms with Gasteiger partial charge in [0.15, 0.2) is 0 Å². The molecule has 1 saturated heterocycles. The molecule has 1 aromatic carbocycles. The van der Waals surface area contributed by atoms with E-state index >= 15 is 0 Å². The van der Waals surface area contributed by atoms with Gasteiger partial charge in [-0.15, -0.1) is 0 Å². The van der Waals surface area contributed by atoms with Crippen LogP contribution in [-0.4, -0.2) is 31.1 Å². The lowest BCUT2D eigenvalue weighted by atomic mass is 10.0. The number of likely N-dealkylation sites (N-methyl/N-ethyl adjacent to an activating group) is 1. The normalized spacial score (nSPS) is 29.0. The van der Waals surface area contributed by atoms with Gasteiger partial charge in [0, 0.05) is 25.2 Å². The molecule has 1 fully saturated rings. The Morgan fingerprint density at radius 2 is 2.00 bits per heavy atom. The van der Waals surface area contributed by atoms with Crippen LogP contribution in [0.1, 0.15) is 18.5 Å². The Balaban J connectivity index is 2.07. The molecule has 1 heterocycles. The van der Waals surface area contributed by atoms with Crippen molar-refractivity contribution in [3.63, 3.8) is 0 Å². The Morgan fingerprint density at radius 3 is 2.64 bits per heavy atom. The molecule has 1 aliphatic rings. The SMILES string of the molecule is C[C@H]1CNC(c2ccccc2)CN1C. The highest BCUT2D eigenvalue weighted by Crippen LogP contribution is 2.17.